The van der Waals surface area contributed by atoms with E-state index in [-0.39, 0.29) is 0 Å². The summed E-state index contributed by atoms with van der Waals surface area (Å²) in [4.78, 5) is 0. The lowest BCUT2D eigenvalue weighted by Gasteiger charge is -2.06. The maximum absolute atomic E-state index is 6.19. The largest absolute Gasteiger partial charge is 0.459 e. The predicted octanol–water partition coefficient (Wildman–Crippen LogP) is 7.17. The van der Waals surface area contributed by atoms with Crippen LogP contribution in [0.4, 0.5) is 5.69 Å². The van der Waals surface area contributed by atoms with Crippen LogP contribution in [0.1, 0.15) is 5.76 Å². The molecule has 0 bridgehead atoms. The highest BCUT2D eigenvalue weighted by atomic mass is 35.5. The van der Waals surface area contributed by atoms with E-state index in [4.69, 9.17) is 50.8 Å². The van der Waals surface area contributed by atoms with Crippen LogP contribution in [0.3, 0.4) is 0 Å². The third-order valence-electron chi connectivity index (χ3n) is 3.24. The summed E-state index contributed by atoms with van der Waals surface area (Å²) in [5, 5.41) is 5.40. The van der Waals surface area contributed by atoms with E-state index in [1.165, 1.54) is 0 Å². The average molecular weight is 387 g/mol. The van der Waals surface area contributed by atoms with Crippen LogP contribution in [0.5, 0.6) is 0 Å². The molecule has 23 heavy (non-hydrogen) atoms. The molecule has 0 amide bonds. The van der Waals surface area contributed by atoms with E-state index in [2.05, 4.69) is 5.32 Å². The van der Waals surface area contributed by atoms with Crippen molar-refractivity contribution < 1.29 is 4.42 Å². The van der Waals surface area contributed by atoms with Gasteiger partial charge in [-0.05, 0) is 48.5 Å². The van der Waals surface area contributed by atoms with E-state index >= 15 is 0 Å². The van der Waals surface area contributed by atoms with E-state index in [1.54, 1.807) is 24.3 Å². The quantitative estimate of drug-likeness (QED) is 0.513. The van der Waals surface area contributed by atoms with E-state index in [9.17, 15) is 0 Å². The summed E-state index contributed by atoms with van der Waals surface area (Å²) < 4.78 is 5.82. The molecule has 0 aliphatic heterocycles. The van der Waals surface area contributed by atoms with E-state index < -0.39 is 0 Å². The zero-order valence-electron chi connectivity index (χ0n) is 11.7. The van der Waals surface area contributed by atoms with Gasteiger partial charge in [0.2, 0.25) is 0 Å². The highest BCUT2D eigenvalue weighted by molar-refractivity contribution is 6.42. The molecule has 118 valence electrons. The van der Waals surface area contributed by atoms with Crippen LogP contribution in [0, 0.1) is 0 Å². The lowest BCUT2D eigenvalue weighted by molar-refractivity contribution is 0.531. The second-order valence-electron chi connectivity index (χ2n) is 4.87. The van der Waals surface area contributed by atoms with Crippen LogP contribution in [0.2, 0.25) is 20.1 Å². The summed E-state index contributed by atoms with van der Waals surface area (Å²) in [6.45, 7) is 0.517. The number of nitrogens with one attached hydrogen (secondary N) is 1. The zero-order valence-corrected chi connectivity index (χ0v) is 14.8. The van der Waals surface area contributed by atoms with Crippen molar-refractivity contribution in [2.75, 3.05) is 5.32 Å². The van der Waals surface area contributed by atoms with Gasteiger partial charge in [-0.3, -0.25) is 0 Å². The molecule has 0 spiro atoms. The van der Waals surface area contributed by atoms with Crippen LogP contribution in [-0.4, -0.2) is 0 Å². The highest BCUT2D eigenvalue weighted by Crippen LogP contribution is 2.32. The van der Waals surface area contributed by atoms with Gasteiger partial charge < -0.3 is 9.73 Å². The van der Waals surface area contributed by atoms with Crippen molar-refractivity contribution >= 4 is 52.1 Å². The molecule has 2 aromatic carbocycles. The Kier molecular flexibility index (Phi) is 5.08. The second kappa shape index (κ2) is 7.06. The molecule has 3 aromatic rings. The van der Waals surface area contributed by atoms with Crippen LogP contribution < -0.4 is 5.32 Å². The number of anilines is 1. The summed E-state index contributed by atoms with van der Waals surface area (Å²) in [7, 11) is 0. The van der Waals surface area contributed by atoms with Crippen molar-refractivity contribution in [3.8, 4) is 11.3 Å². The Bertz CT molecular complexity index is 844. The standard InChI is InChI=1S/C17H11Cl4NO/c18-10-1-4-13(15(20)7-10)17-6-3-12(23-17)9-22-11-2-5-14(19)16(21)8-11/h1-8,22H,9H2. The molecular formula is C17H11Cl4NO. The van der Waals surface area contributed by atoms with Crippen LogP contribution >= 0.6 is 46.4 Å². The molecule has 1 heterocycles. The summed E-state index contributed by atoms with van der Waals surface area (Å²) in [6, 6.07) is 14.4. The number of hydrogen-bond donors (Lipinski definition) is 1. The molecule has 6 heteroatoms. The molecule has 0 atom stereocenters. The first-order valence-corrected chi connectivity index (χ1v) is 8.27. The van der Waals surface area contributed by atoms with Gasteiger partial charge >= 0.3 is 0 Å². The molecule has 0 radical (unpaired) electrons. The first kappa shape index (κ1) is 16.5. The fourth-order valence-electron chi connectivity index (χ4n) is 2.10. The van der Waals surface area contributed by atoms with Gasteiger partial charge in [0.05, 0.1) is 21.6 Å². The lowest BCUT2D eigenvalue weighted by Crippen LogP contribution is -1.97. The maximum Gasteiger partial charge on any atom is 0.135 e. The van der Waals surface area contributed by atoms with Gasteiger partial charge in [0.25, 0.3) is 0 Å². The number of hydrogen-bond acceptors (Lipinski definition) is 2. The van der Waals surface area contributed by atoms with E-state index in [0.29, 0.717) is 32.4 Å². The third kappa shape index (κ3) is 3.96. The molecule has 0 saturated heterocycles. The fraction of sp³-hybridized carbons (Fsp3) is 0.0588. The molecule has 0 unspecified atom stereocenters. The minimum Gasteiger partial charge on any atom is -0.459 e. The Balaban J connectivity index is 1.73. The van der Waals surface area contributed by atoms with Crippen molar-refractivity contribution in [2.24, 2.45) is 0 Å². The van der Waals surface area contributed by atoms with Crippen LogP contribution in [0.25, 0.3) is 11.3 Å². The Morgan fingerprint density at radius 1 is 0.783 bits per heavy atom. The topological polar surface area (TPSA) is 25.2 Å². The summed E-state index contributed by atoms with van der Waals surface area (Å²) >= 11 is 24.0. The molecule has 0 aliphatic carbocycles. The maximum atomic E-state index is 6.19. The molecule has 1 aromatic heterocycles. The monoisotopic (exact) mass is 385 g/mol. The van der Waals surface area contributed by atoms with Crippen molar-refractivity contribution in [1.82, 2.24) is 0 Å². The van der Waals surface area contributed by atoms with Gasteiger partial charge in [0, 0.05) is 16.3 Å². The molecule has 0 aliphatic rings. The molecule has 0 saturated carbocycles. The van der Waals surface area contributed by atoms with Crippen molar-refractivity contribution in [2.45, 2.75) is 6.54 Å². The minimum atomic E-state index is 0.504. The predicted molar refractivity (Wildman–Crippen MR) is 98.0 cm³/mol. The van der Waals surface area contributed by atoms with Gasteiger partial charge in [-0.25, -0.2) is 0 Å². The van der Waals surface area contributed by atoms with Gasteiger partial charge in [-0.2, -0.15) is 0 Å². The van der Waals surface area contributed by atoms with Crippen LogP contribution in [0.15, 0.2) is 52.9 Å². The first-order valence-electron chi connectivity index (χ1n) is 6.76. The zero-order chi connectivity index (χ0) is 16.4. The fourth-order valence-corrected chi connectivity index (χ4v) is 2.90. The minimum absolute atomic E-state index is 0.504. The summed E-state index contributed by atoms with van der Waals surface area (Å²) in [5.74, 6) is 1.47. The number of benzene rings is 2. The highest BCUT2D eigenvalue weighted by Gasteiger charge is 2.09. The molecular weight excluding hydrogens is 376 g/mol. The Morgan fingerprint density at radius 2 is 1.61 bits per heavy atom. The smallest absolute Gasteiger partial charge is 0.135 e. The number of furan rings is 1. The molecule has 3 rings (SSSR count). The molecule has 1 N–H and O–H groups in total. The number of halogens is 4. The van der Waals surface area contributed by atoms with Crippen molar-refractivity contribution in [3.63, 3.8) is 0 Å². The third-order valence-corrected chi connectivity index (χ3v) is 4.53. The van der Waals surface area contributed by atoms with Gasteiger partial charge in [-0.1, -0.05) is 46.4 Å². The van der Waals surface area contributed by atoms with E-state index in [1.807, 2.05) is 24.3 Å². The Labute approximate surface area is 153 Å². The SMILES string of the molecule is Clc1ccc(-c2ccc(CNc3ccc(Cl)c(Cl)c3)o2)c(Cl)c1. The summed E-state index contributed by atoms with van der Waals surface area (Å²) in [6.07, 6.45) is 0. The first-order chi connectivity index (χ1) is 11.0. The summed E-state index contributed by atoms with van der Waals surface area (Å²) in [5.41, 5.74) is 1.67. The normalized spacial score (nSPS) is 10.8. The molecule has 0 fully saturated rings. The lowest BCUT2D eigenvalue weighted by atomic mass is 10.2. The van der Waals surface area contributed by atoms with Gasteiger partial charge in [-0.15, -0.1) is 0 Å². The number of rotatable bonds is 4. The average Bonchev–Trinajstić information content (AvgIpc) is 2.97. The Morgan fingerprint density at radius 3 is 2.35 bits per heavy atom. The van der Waals surface area contributed by atoms with Crippen molar-refractivity contribution in [3.05, 3.63) is 74.4 Å². The van der Waals surface area contributed by atoms with Gasteiger partial charge in [0.15, 0.2) is 0 Å². The van der Waals surface area contributed by atoms with Crippen molar-refractivity contribution in [1.29, 1.82) is 0 Å². The van der Waals surface area contributed by atoms with Crippen LogP contribution in [-0.2, 0) is 6.54 Å². The van der Waals surface area contributed by atoms with E-state index in [0.717, 1.165) is 17.0 Å². The van der Waals surface area contributed by atoms with Gasteiger partial charge in [0.1, 0.15) is 11.5 Å². The second-order valence-corrected chi connectivity index (χ2v) is 6.53. The molecule has 2 nitrogen and oxygen atoms in total. The Hall–Kier alpha value is -1.32.